The molecule has 4 heteroatoms. The van der Waals surface area contributed by atoms with Gasteiger partial charge in [0.05, 0.1) is 0 Å². The highest BCUT2D eigenvalue weighted by molar-refractivity contribution is 5.81. The molecular formula is C18H22F2N2. The number of hydrogen-bond acceptors (Lipinski definition) is 2. The number of aryl methyl sites for hydroxylation is 1. The van der Waals surface area contributed by atoms with E-state index in [0.29, 0.717) is 11.3 Å². The minimum Gasteiger partial charge on any atom is -0.388 e. The molecule has 0 unspecified atom stereocenters. The molecule has 118 valence electrons. The molecule has 0 saturated carbocycles. The van der Waals surface area contributed by atoms with E-state index in [4.69, 9.17) is 0 Å². The number of rotatable bonds is 6. The van der Waals surface area contributed by atoms with E-state index in [1.54, 1.807) is 13.1 Å². The van der Waals surface area contributed by atoms with E-state index in [1.807, 2.05) is 32.2 Å². The van der Waals surface area contributed by atoms with Gasteiger partial charge in [-0.2, -0.15) is 0 Å². The fourth-order valence-corrected chi connectivity index (χ4v) is 2.73. The van der Waals surface area contributed by atoms with Crippen molar-refractivity contribution in [1.29, 1.82) is 0 Å². The molecular weight excluding hydrogens is 282 g/mol. The van der Waals surface area contributed by atoms with Gasteiger partial charge >= 0.3 is 0 Å². The molecule has 0 aliphatic carbocycles. The predicted octanol–water partition coefficient (Wildman–Crippen LogP) is 4.13. The molecule has 22 heavy (non-hydrogen) atoms. The number of halogens is 2. The van der Waals surface area contributed by atoms with Crippen molar-refractivity contribution in [2.24, 2.45) is 0 Å². The zero-order valence-electron chi connectivity index (χ0n) is 13.3. The van der Waals surface area contributed by atoms with Crippen molar-refractivity contribution >= 4 is 5.69 Å². The van der Waals surface area contributed by atoms with E-state index in [9.17, 15) is 8.78 Å². The van der Waals surface area contributed by atoms with Gasteiger partial charge in [-0.25, -0.2) is 8.78 Å². The van der Waals surface area contributed by atoms with Gasteiger partial charge in [-0.05, 0) is 62.2 Å². The first-order chi connectivity index (χ1) is 10.6. The maximum atomic E-state index is 14.4. The molecule has 2 aromatic rings. The Morgan fingerprint density at radius 3 is 2.50 bits per heavy atom. The topological polar surface area (TPSA) is 24.1 Å². The van der Waals surface area contributed by atoms with E-state index in [2.05, 4.69) is 10.6 Å². The van der Waals surface area contributed by atoms with Crippen molar-refractivity contribution < 1.29 is 8.78 Å². The Morgan fingerprint density at radius 2 is 1.82 bits per heavy atom. The van der Waals surface area contributed by atoms with Crippen molar-refractivity contribution in [3.05, 3.63) is 53.1 Å². The SMILES string of the molecule is CNCCCc1c(C)cccc1-c1c(NC)ccc(F)c1F. The van der Waals surface area contributed by atoms with Gasteiger partial charge in [-0.3, -0.25) is 0 Å². The molecule has 0 saturated heterocycles. The summed E-state index contributed by atoms with van der Waals surface area (Å²) in [5.41, 5.74) is 3.83. The van der Waals surface area contributed by atoms with Crippen LogP contribution in [0.25, 0.3) is 11.1 Å². The van der Waals surface area contributed by atoms with Crippen molar-refractivity contribution in [3.63, 3.8) is 0 Å². The quantitative estimate of drug-likeness (QED) is 0.784. The summed E-state index contributed by atoms with van der Waals surface area (Å²) in [4.78, 5) is 0. The lowest BCUT2D eigenvalue weighted by Crippen LogP contribution is -2.09. The van der Waals surface area contributed by atoms with Gasteiger partial charge in [0.15, 0.2) is 11.6 Å². The van der Waals surface area contributed by atoms with Gasteiger partial charge in [0.2, 0.25) is 0 Å². The van der Waals surface area contributed by atoms with Crippen LogP contribution in [0.4, 0.5) is 14.5 Å². The van der Waals surface area contributed by atoms with Crippen LogP contribution in [0.2, 0.25) is 0 Å². The van der Waals surface area contributed by atoms with Crippen LogP contribution in [0.3, 0.4) is 0 Å². The first kappa shape index (κ1) is 16.4. The van der Waals surface area contributed by atoms with Gasteiger partial charge in [0.1, 0.15) is 0 Å². The Balaban J connectivity index is 2.57. The highest BCUT2D eigenvalue weighted by Gasteiger charge is 2.18. The minimum atomic E-state index is -0.823. The second-order valence-corrected chi connectivity index (χ2v) is 5.34. The summed E-state index contributed by atoms with van der Waals surface area (Å²) < 4.78 is 28.1. The van der Waals surface area contributed by atoms with E-state index in [1.165, 1.54) is 0 Å². The Morgan fingerprint density at radius 1 is 1.05 bits per heavy atom. The third-order valence-corrected chi connectivity index (χ3v) is 3.90. The Hall–Kier alpha value is -1.94. The monoisotopic (exact) mass is 304 g/mol. The third kappa shape index (κ3) is 3.28. The molecule has 0 aromatic heterocycles. The maximum absolute atomic E-state index is 14.4. The molecule has 2 nitrogen and oxygen atoms in total. The van der Waals surface area contributed by atoms with Gasteiger partial charge < -0.3 is 10.6 Å². The maximum Gasteiger partial charge on any atom is 0.168 e. The second-order valence-electron chi connectivity index (χ2n) is 5.34. The Bertz CT molecular complexity index is 654. The van der Waals surface area contributed by atoms with Crippen LogP contribution < -0.4 is 10.6 Å². The van der Waals surface area contributed by atoms with Crippen LogP contribution in [0.1, 0.15) is 17.5 Å². The van der Waals surface area contributed by atoms with Crippen LogP contribution in [0.15, 0.2) is 30.3 Å². The summed E-state index contributed by atoms with van der Waals surface area (Å²) in [5, 5.41) is 6.07. The molecule has 0 aliphatic rings. The molecule has 0 atom stereocenters. The fourth-order valence-electron chi connectivity index (χ4n) is 2.73. The number of anilines is 1. The molecule has 0 radical (unpaired) electrons. The number of hydrogen-bond donors (Lipinski definition) is 2. The van der Waals surface area contributed by atoms with Gasteiger partial charge in [0, 0.05) is 18.3 Å². The Labute approximate surface area is 130 Å². The minimum absolute atomic E-state index is 0.311. The molecule has 0 fully saturated rings. The second kappa shape index (κ2) is 7.36. The summed E-state index contributed by atoms with van der Waals surface area (Å²) in [6, 6.07) is 8.49. The van der Waals surface area contributed by atoms with E-state index >= 15 is 0 Å². The summed E-state index contributed by atoms with van der Waals surface area (Å²) >= 11 is 0. The average molecular weight is 304 g/mol. The number of nitrogens with one attached hydrogen (secondary N) is 2. The first-order valence-electron chi connectivity index (χ1n) is 7.49. The summed E-state index contributed by atoms with van der Waals surface area (Å²) in [6.45, 7) is 2.90. The summed E-state index contributed by atoms with van der Waals surface area (Å²) in [7, 11) is 3.62. The van der Waals surface area contributed by atoms with E-state index in [-0.39, 0.29) is 0 Å². The zero-order chi connectivity index (χ0) is 16.1. The zero-order valence-corrected chi connectivity index (χ0v) is 13.3. The largest absolute Gasteiger partial charge is 0.388 e. The first-order valence-corrected chi connectivity index (χ1v) is 7.49. The molecule has 0 aliphatic heterocycles. The van der Waals surface area contributed by atoms with Crippen LogP contribution in [-0.2, 0) is 6.42 Å². The smallest absolute Gasteiger partial charge is 0.168 e. The lowest BCUT2D eigenvalue weighted by atomic mass is 9.91. The molecule has 2 rings (SSSR count). The molecule has 0 bridgehead atoms. The van der Waals surface area contributed by atoms with Gasteiger partial charge in [-0.15, -0.1) is 0 Å². The standard InChI is InChI=1S/C18H22F2N2/c1-12-6-4-7-14(13(12)8-5-11-21-2)17-16(22-3)10-9-15(19)18(17)20/h4,6-7,9-10,21-22H,5,8,11H2,1-3H3. The summed E-state index contributed by atoms with van der Waals surface area (Å²) in [6.07, 6.45) is 1.77. The van der Waals surface area contributed by atoms with Crippen LogP contribution in [0, 0.1) is 18.6 Å². The number of benzene rings is 2. The molecule has 0 amide bonds. The highest BCUT2D eigenvalue weighted by Crippen LogP contribution is 2.35. The van der Waals surface area contributed by atoms with Gasteiger partial charge in [0.25, 0.3) is 0 Å². The summed E-state index contributed by atoms with van der Waals surface area (Å²) in [5.74, 6) is -1.62. The molecule has 0 spiro atoms. The third-order valence-electron chi connectivity index (χ3n) is 3.90. The predicted molar refractivity (Wildman–Crippen MR) is 88.3 cm³/mol. The van der Waals surface area contributed by atoms with E-state index in [0.717, 1.165) is 42.1 Å². The van der Waals surface area contributed by atoms with Crippen LogP contribution in [-0.4, -0.2) is 20.6 Å². The highest BCUT2D eigenvalue weighted by atomic mass is 19.2. The Kier molecular flexibility index (Phi) is 5.50. The van der Waals surface area contributed by atoms with Crippen LogP contribution in [0.5, 0.6) is 0 Å². The fraction of sp³-hybridized carbons (Fsp3) is 0.333. The molecule has 0 heterocycles. The van der Waals surface area contributed by atoms with Crippen LogP contribution >= 0.6 is 0 Å². The van der Waals surface area contributed by atoms with Gasteiger partial charge in [-0.1, -0.05) is 18.2 Å². The van der Waals surface area contributed by atoms with Crippen molar-refractivity contribution in [3.8, 4) is 11.1 Å². The van der Waals surface area contributed by atoms with Crippen molar-refractivity contribution in [2.75, 3.05) is 26.0 Å². The molecule has 2 aromatic carbocycles. The average Bonchev–Trinajstić information content (AvgIpc) is 2.52. The lowest BCUT2D eigenvalue weighted by molar-refractivity contribution is 0.511. The van der Waals surface area contributed by atoms with E-state index < -0.39 is 11.6 Å². The van der Waals surface area contributed by atoms with Crippen molar-refractivity contribution in [2.45, 2.75) is 19.8 Å². The lowest BCUT2D eigenvalue weighted by Gasteiger charge is -2.17. The molecule has 2 N–H and O–H groups in total. The van der Waals surface area contributed by atoms with Crippen molar-refractivity contribution in [1.82, 2.24) is 5.32 Å². The normalized spacial score (nSPS) is 10.8.